The number of hydrogen-bond acceptors (Lipinski definition) is 4. The Bertz CT molecular complexity index is 1400. The summed E-state index contributed by atoms with van der Waals surface area (Å²) in [5.74, 6) is -0.640. The first-order valence-electron chi connectivity index (χ1n) is 10.2. The van der Waals surface area contributed by atoms with E-state index < -0.39 is 6.36 Å². The first-order valence-corrected chi connectivity index (χ1v) is 12.3. The fraction of sp³-hybridized carbons (Fsp3) is 0.0833. The summed E-state index contributed by atoms with van der Waals surface area (Å²) in [5, 5.41) is 4.37. The predicted molar refractivity (Wildman–Crippen MR) is 137 cm³/mol. The SMILES string of the molecule is O=C(CSc1ncc(-c2ccc(Cl)c(Cl)c2)n1-c1ccc(OC(F)(F)F)cc1)Nc1cccc(Cl)c1. The third kappa shape index (κ3) is 6.67. The Labute approximate surface area is 223 Å². The topological polar surface area (TPSA) is 56.2 Å². The van der Waals surface area contributed by atoms with E-state index in [1.807, 2.05) is 0 Å². The lowest BCUT2D eigenvalue weighted by atomic mass is 10.1. The number of thioether (sulfide) groups is 1. The molecule has 3 aromatic carbocycles. The number of nitrogens with zero attached hydrogens (tertiary/aromatic N) is 2. The Balaban J connectivity index is 1.63. The summed E-state index contributed by atoms with van der Waals surface area (Å²) in [4.78, 5) is 16.9. The van der Waals surface area contributed by atoms with Crippen molar-refractivity contribution in [1.29, 1.82) is 0 Å². The molecule has 1 heterocycles. The van der Waals surface area contributed by atoms with Gasteiger partial charge in [0.1, 0.15) is 5.75 Å². The highest BCUT2D eigenvalue weighted by Crippen LogP contribution is 2.34. The van der Waals surface area contributed by atoms with Crippen LogP contribution in [0, 0.1) is 0 Å². The van der Waals surface area contributed by atoms with Gasteiger partial charge in [-0.15, -0.1) is 13.2 Å². The van der Waals surface area contributed by atoms with Crippen molar-refractivity contribution in [2.45, 2.75) is 11.5 Å². The first kappa shape index (κ1) is 26.2. The van der Waals surface area contributed by atoms with Crippen LogP contribution in [0.5, 0.6) is 5.75 Å². The van der Waals surface area contributed by atoms with Crippen molar-refractivity contribution in [1.82, 2.24) is 9.55 Å². The van der Waals surface area contributed by atoms with E-state index in [-0.39, 0.29) is 17.4 Å². The van der Waals surface area contributed by atoms with E-state index in [0.717, 1.165) is 11.8 Å². The quantitative estimate of drug-likeness (QED) is 0.227. The van der Waals surface area contributed by atoms with E-state index in [2.05, 4.69) is 15.0 Å². The highest BCUT2D eigenvalue weighted by molar-refractivity contribution is 7.99. The van der Waals surface area contributed by atoms with Gasteiger partial charge < -0.3 is 10.1 Å². The second-order valence-corrected chi connectivity index (χ2v) is 9.47. The molecule has 1 amide bonds. The Kier molecular flexibility index (Phi) is 8.04. The number of benzene rings is 3. The normalized spacial score (nSPS) is 11.4. The fourth-order valence-corrected chi connectivity index (χ4v) is 4.52. The minimum atomic E-state index is -4.81. The molecular weight excluding hydrogens is 558 g/mol. The summed E-state index contributed by atoms with van der Waals surface area (Å²) in [6.07, 6.45) is -3.23. The average Bonchev–Trinajstić information content (AvgIpc) is 3.23. The molecule has 0 unspecified atom stereocenters. The molecule has 1 N–H and O–H groups in total. The zero-order valence-electron chi connectivity index (χ0n) is 18.0. The van der Waals surface area contributed by atoms with Crippen molar-refractivity contribution in [3.05, 3.63) is 88.0 Å². The van der Waals surface area contributed by atoms with Crippen molar-refractivity contribution in [2.75, 3.05) is 11.1 Å². The molecule has 4 aromatic rings. The van der Waals surface area contributed by atoms with Gasteiger partial charge in [0.2, 0.25) is 5.91 Å². The average molecular weight is 573 g/mol. The largest absolute Gasteiger partial charge is 0.573 e. The van der Waals surface area contributed by atoms with E-state index in [9.17, 15) is 18.0 Å². The van der Waals surface area contributed by atoms with Gasteiger partial charge in [0.05, 0.1) is 27.7 Å². The van der Waals surface area contributed by atoms with Crippen LogP contribution in [0.1, 0.15) is 0 Å². The van der Waals surface area contributed by atoms with Gasteiger partial charge in [-0.1, -0.05) is 58.7 Å². The Morgan fingerprint density at radius 3 is 2.42 bits per heavy atom. The molecule has 4 rings (SSSR count). The van der Waals surface area contributed by atoms with E-state index in [1.54, 1.807) is 53.2 Å². The molecule has 0 saturated carbocycles. The van der Waals surface area contributed by atoms with E-state index in [4.69, 9.17) is 34.8 Å². The van der Waals surface area contributed by atoms with E-state index in [1.165, 1.54) is 24.3 Å². The maximum Gasteiger partial charge on any atom is 0.573 e. The summed E-state index contributed by atoms with van der Waals surface area (Å²) in [7, 11) is 0. The molecule has 1 aromatic heterocycles. The molecule has 0 spiro atoms. The second-order valence-electron chi connectivity index (χ2n) is 7.28. The van der Waals surface area contributed by atoms with Crippen molar-refractivity contribution in [2.24, 2.45) is 0 Å². The number of hydrogen-bond donors (Lipinski definition) is 1. The number of aromatic nitrogens is 2. The Morgan fingerprint density at radius 2 is 1.75 bits per heavy atom. The minimum Gasteiger partial charge on any atom is -0.406 e. The predicted octanol–water partition coefficient (Wildman–Crippen LogP) is 8.13. The number of anilines is 1. The summed E-state index contributed by atoms with van der Waals surface area (Å²) < 4.78 is 43.4. The lowest BCUT2D eigenvalue weighted by molar-refractivity contribution is -0.274. The standard InChI is InChI=1S/C24H15Cl3F3N3O2S/c25-15-2-1-3-16(11-15)32-22(34)13-36-23-31-12-21(14-4-9-19(26)20(27)10-14)33(23)17-5-7-18(8-6-17)35-24(28,29)30/h1-12H,13H2,(H,32,34). The van der Waals surface area contributed by atoms with Gasteiger partial charge >= 0.3 is 6.36 Å². The molecule has 0 aliphatic heterocycles. The lowest BCUT2D eigenvalue weighted by Gasteiger charge is -2.14. The molecule has 5 nitrogen and oxygen atoms in total. The maximum absolute atomic E-state index is 12.6. The van der Waals surface area contributed by atoms with E-state index >= 15 is 0 Å². The molecule has 0 saturated heterocycles. The van der Waals surface area contributed by atoms with Crippen molar-refractivity contribution < 1.29 is 22.7 Å². The van der Waals surface area contributed by atoms with Crippen LogP contribution in [-0.2, 0) is 4.79 Å². The fourth-order valence-electron chi connectivity index (χ4n) is 3.24. The third-order valence-corrected chi connectivity index (χ3v) is 6.64. The lowest BCUT2D eigenvalue weighted by Crippen LogP contribution is -2.17. The van der Waals surface area contributed by atoms with Gasteiger partial charge in [0.15, 0.2) is 5.16 Å². The number of nitrogens with one attached hydrogen (secondary N) is 1. The number of ether oxygens (including phenoxy) is 1. The zero-order valence-corrected chi connectivity index (χ0v) is 21.1. The third-order valence-electron chi connectivity index (χ3n) is 4.71. The van der Waals surface area contributed by atoms with Crippen molar-refractivity contribution in [3.8, 4) is 22.7 Å². The molecule has 0 fully saturated rings. The summed E-state index contributed by atoms with van der Waals surface area (Å²) >= 11 is 19.3. The molecule has 0 radical (unpaired) electrons. The molecule has 36 heavy (non-hydrogen) atoms. The highest BCUT2D eigenvalue weighted by atomic mass is 35.5. The van der Waals surface area contributed by atoms with Gasteiger partial charge in [-0.3, -0.25) is 9.36 Å². The van der Waals surface area contributed by atoms with Crippen LogP contribution < -0.4 is 10.1 Å². The Morgan fingerprint density at radius 1 is 1.00 bits per heavy atom. The minimum absolute atomic E-state index is 0.0135. The van der Waals surface area contributed by atoms with Crippen LogP contribution in [0.3, 0.4) is 0 Å². The zero-order chi connectivity index (χ0) is 25.9. The maximum atomic E-state index is 12.6. The van der Waals surface area contributed by atoms with E-state index in [0.29, 0.717) is 42.9 Å². The molecule has 0 bridgehead atoms. The molecule has 0 aliphatic rings. The van der Waals surface area contributed by atoms with Crippen LogP contribution in [0.2, 0.25) is 15.1 Å². The van der Waals surface area contributed by atoms with Gasteiger partial charge in [0.25, 0.3) is 0 Å². The van der Waals surface area contributed by atoms with Crippen LogP contribution in [0.4, 0.5) is 18.9 Å². The van der Waals surface area contributed by atoms with Crippen LogP contribution in [-0.4, -0.2) is 27.6 Å². The number of halogens is 6. The van der Waals surface area contributed by atoms with Gasteiger partial charge in [-0.2, -0.15) is 0 Å². The highest BCUT2D eigenvalue weighted by Gasteiger charge is 2.31. The smallest absolute Gasteiger partial charge is 0.406 e. The number of rotatable bonds is 7. The van der Waals surface area contributed by atoms with Crippen LogP contribution in [0.15, 0.2) is 78.1 Å². The summed E-state index contributed by atoms with van der Waals surface area (Å²) in [6, 6.07) is 17.1. The second kappa shape index (κ2) is 11.0. The molecular formula is C24H15Cl3F3N3O2S. The number of carbonyl (C=O) groups excluding carboxylic acids is 1. The molecule has 12 heteroatoms. The number of imidazole rings is 1. The number of alkyl halides is 3. The monoisotopic (exact) mass is 571 g/mol. The Hall–Kier alpha value is -2.85. The number of amides is 1. The van der Waals surface area contributed by atoms with Gasteiger partial charge in [-0.05, 0) is 54.6 Å². The van der Waals surface area contributed by atoms with Crippen molar-refractivity contribution in [3.63, 3.8) is 0 Å². The molecule has 0 aliphatic carbocycles. The molecule has 186 valence electrons. The summed E-state index contributed by atoms with van der Waals surface area (Å²) in [6.45, 7) is 0. The van der Waals surface area contributed by atoms with Gasteiger partial charge in [-0.25, -0.2) is 4.98 Å². The van der Waals surface area contributed by atoms with Crippen LogP contribution in [0.25, 0.3) is 16.9 Å². The molecule has 0 atom stereocenters. The van der Waals surface area contributed by atoms with Gasteiger partial charge in [0, 0.05) is 22.0 Å². The summed E-state index contributed by atoms with van der Waals surface area (Å²) in [5.41, 5.74) is 2.31. The van der Waals surface area contributed by atoms with Crippen LogP contribution >= 0.6 is 46.6 Å². The first-order chi connectivity index (χ1) is 17.1. The number of carbonyl (C=O) groups is 1. The van der Waals surface area contributed by atoms with Crippen molar-refractivity contribution >= 4 is 58.2 Å².